The van der Waals surface area contributed by atoms with Crippen LogP contribution in [0.1, 0.15) is 26.7 Å². The van der Waals surface area contributed by atoms with Gasteiger partial charge >= 0.3 is 0 Å². The Labute approximate surface area is 174 Å². The monoisotopic (exact) mass is 443 g/mol. The van der Waals surface area contributed by atoms with Crippen molar-refractivity contribution in [1.29, 1.82) is 0 Å². The van der Waals surface area contributed by atoms with E-state index in [1.807, 2.05) is 47.7 Å². The molecule has 1 aromatic heterocycles. The van der Waals surface area contributed by atoms with Crippen molar-refractivity contribution >= 4 is 32.6 Å². The summed E-state index contributed by atoms with van der Waals surface area (Å²) in [7, 11) is 0. The molecule has 0 saturated heterocycles. The van der Waals surface area contributed by atoms with Crippen LogP contribution in [-0.4, -0.2) is 39.6 Å². The van der Waals surface area contributed by atoms with Gasteiger partial charge in [0.15, 0.2) is 0 Å². The molecule has 3 aromatic rings. The van der Waals surface area contributed by atoms with Crippen molar-refractivity contribution in [3.8, 4) is 5.75 Å². The fourth-order valence-electron chi connectivity index (χ4n) is 3.19. The zero-order chi connectivity index (χ0) is 19.9. The van der Waals surface area contributed by atoms with Gasteiger partial charge in [0, 0.05) is 35.9 Å². The van der Waals surface area contributed by atoms with Crippen molar-refractivity contribution in [2.75, 3.05) is 13.2 Å². The third-order valence-electron chi connectivity index (χ3n) is 4.68. The highest BCUT2D eigenvalue weighted by Crippen LogP contribution is 2.24. The summed E-state index contributed by atoms with van der Waals surface area (Å²) < 4.78 is 8.98. The smallest absolute Gasteiger partial charge is 0.222 e. The van der Waals surface area contributed by atoms with Gasteiger partial charge in [-0.25, -0.2) is 4.98 Å². The Morgan fingerprint density at radius 1 is 1.21 bits per heavy atom. The van der Waals surface area contributed by atoms with Crippen molar-refractivity contribution in [2.24, 2.45) is 0 Å². The Hall–Kier alpha value is -2.34. The molecule has 0 aliphatic heterocycles. The van der Waals surface area contributed by atoms with Gasteiger partial charge in [-0.2, -0.15) is 0 Å². The first-order chi connectivity index (χ1) is 13.5. The minimum Gasteiger partial charge on any atom is -0.492 e. The number of imidazole rings is 1. The van der Waals surface area contributed by atoms with Crippen LogP contribution in [0.4, 0.5) is 0 Å². The Bertz CT molecular complexity index is 909. The third-order valence-corrected chi connectivity index (χ3v) is 5.18. The van der Waals surface area contributed by atoms with E-state index in [9.17, 15) is 4.79 Å². The first-order valence-electron chi connectivity index (χ1n) is 9.60. The van der Waals surface area contributed by atoms with Gasteiger partial charge in [-0.3, -0.25) is 4.79 Å². The number of aromatic nitrogens is 2. The molecule has 6 heteroatoms. The van der Waals surface area contributed by atoms with E-state index in [0.717, 1.165) is 28.6 Å². The molecule has 1 amide bonds. The van der Waals surface area contributed by atoms with Gasteiger partial charge in [0.25, 0.3) is 0 Å². The van der Waals surface area contributed by atoms with Gasteiger partial charge in [-0.15, -0.1) is 0 Å². The molecule has 148 valence electrons. The highest BCUT2D eigenvalue weighted by molar-refractivity contribution is 9.10. The molecule has 0 aliphatic carbocycles. The lowest BCUT2D eigenvalue weighted by Crippen LogP contribution is -2.39. The second-order valence-electron chi connectivity index (χ2n) is 7.09. The molecule has 28 heavy (non-hydrogen) atoms. The third kappa shape index (κ3) is 5.58. The number of carbonyl (C=O) groups is 1. The van der Waals surface area contributed by atoms with Crippen LogP contribution in [0.25, 0.3) is 10.8 Å². The lowest BCUT2D eigenvalue weighted by molar-refractivity contribution is -0.133. The van der Waals surface area contributed by atoms with Crippen molar-refractivity contribution < 1.29 is 9.53 Å². The standard InChI is InChI=1S/C22H26BrN3O2/c1-17(2)26(22(27)4-3-10-25-11-9-24-16-25)12-13-28-21-8-6-18-14-20(23)7-5-19(18)15-21/h5-9,11,14-17H,3-4,10,12-13H2,1-2H3. The molecular weight excluding hydrogens is 418 g/mol. The number of benzene rings is 2. The molecule has 0 saturated carbocycles. The topological polar surface area (TPSA) is 47.4 Å². The van der Waals surface area contributed by atoms with E-state index in [-0.39, 0.29) is 11.9 Å². The van der Waals surface area contributed by atoms with Crippen LogP contribution >= 0.6 is 15.9 Å². The highest BCUT2D eigenvalue weighted by atomic mass is 79.9. The van der Waals surface area contributed by atoms with Crippen molar-refractivity contribution in [3.05, 3.63) is 59.6 Å². The zero-order valence-electron chi connectivity index (χ0n) is 16.3. The van der Waals surface area contributed by atoms with E-state index in [4.69, 9.17) is 4.74 Å². The SMILES string of the molecule is CC(C)N(CCOc1ccc2cc(Br)ccc2c1)C(=O)CCCn1ccnc1. The maximum atomic E-state index is 12.6. The summed E-state index contributed by atoms with van der Waals surface area (Å²) in [5.41, 5.74) is 0. The minimum absolute atomic E-state index is 0.151. The number of ether oxygens (including phenoxy) is 1. The number of rotatable bonds is 9. The van der Waals surface area contributed by atoms with Gasteiger partial charge in [0.05, 0.1) is 12.9 Å². The molecule has 0 unspecified atom stereocenters. The van der Waals surface area contributed by atoms with E-state index >= 15 is 0 Å². The molecule has 0 atom stereocenters. The quantitative estimate of drug-likeness (QED) is 0.472. The van der Waals surface area contributed by atoms with E-state index in [1.165, 1.54) is 5.39 Å². The molecule has 1 heterocycles. The summed E-state index contributed by atoms with van der Waals surface area (Å²) in [5, 5.41) is 2.30. The van der Waals surface area contributed by atoms with E-state index < -0.39 is 0 Å². The first kappa shape index (κ1) is 20.4. The summed E-state index contributed by atoms with van der Waals surface area (Å²) in [4.78, 5) is 18.5. The van der Waals surface area contributed by atoms with Crippen LogP contribution < -0.4 is 4.74 Å². The van der Waals surface area contributed by atoms with E-state index in [2.05, 4.69) is 39.1 Å². The largest absolute Gasteiger partial charge is 0.492 e. The average Bonchev–Trinajstić information content (AvgIpc) is 3.18. The van der Waals surface area contributed by atoms with Crippen molar-refractivity contribution in [2.45, 2.75) is 39.3 Å². The molecule has 5 nitrogen and oxygen atoms in total. The van der Waals surface area contributed by atoms with Gasteiger partial charge in [-0.05, 0) is 55.3 Å². The fraction of sp³-hybridized carbons (Fsp3) is 0.364. The number of hydrogen-bond donors (Lipinski definition) is 0. The van der Waals surface area contributed by atoms with Crippen molar-refractivity contribution in [1.82, 2.24) is 14.5 Å². The summed E-state index contributed by atoms with van der Waals surface area (Å²) in [5.74, 6) is 0.994. The first-order valence-corrected chi connectivity index (χ1v) is 10.4. The van der Waals surface area contributed by atoms with Crippen LogP contribution in [-0.2, 0) is 11.3 Å². The molecule has 0 fully saturated rings. The normalized spacial score (nSPS) is 11.1. The van der Waals surface area contributed by atoms with Gasteiger partial charge < -0.3 is 14.2 Å². The van der Waals surface area contributed by atoms with Crippen LogP contribution in [0.15, 0.2) is 59.6 Å². The maximum absolute atomic E-state index is 12.6. The Morgan fingerprint density at radius 2 is 2.00 bits per heavy atom. The number of carbonyl (C=O) groups excluding carboxylic acids is 1. The molecule has 3 rings (SSSR count). The van der Waals surface area contributed by atoms with Crippen LogP contribution in [0.3, 0.4) is 0 Å². The molecular formula is C22H26BrN3O2. The van der Waals surface area contributed by atoms with E-state index in [1.54, 1.807) is 12.5 Å². The molecule has 0 aliphatic rings. The molecule has 0 spiro atoms. The predicted octanol–water partition coefficient (Wildman–Crippen LogP) is 4.90. The Morgan fingerprint density at radius 3 is 2.75 bits per heavy atom. The Balaban J connectivity index is 1.50. The second kappa shape index (κ2) is 9.73. The maximum Gasteiger partial charge on any atom is 0.222 e. The number of aryl methyl sites for hydroxylation is 1. The number of amides is 1. The van der Waals surface area contributed by atoms with E-state index in [0.29, 0.717) is 19.6 Å². The zero-order valence-corrected chi connectivity index (χ0v) is 17.9. The lowest BCUT2D eigenvalue weighted by atomic mass is 10.1. The van der Waals surface area contributed by atoms with Gasteiger partial charge in [0.1, 0.15) is 12.4 Å². The Kier molecular flexibility index (Phi) is 7.09. The number of fused-ring (bicyclic) bond motifs is 1. The van der Waals surface area contributed by atoms with Gasteiger partial charge in [0.2, 0.25) is 5.91 Å². The molecule has 2 aromatic carbocycles. The molecule has 0 bridgehead atoms. The van der Waals surface area contributed by atoms with Crippen LogP contribution in [0, 0.1) is 0 Å². The second-order valence-corrected chi connectivity index (χ2v) is 8.00. The average molecular weight is 444 g/mol. The van der Waals surface area contributed by atoms with Crippen molar-refractivity contribution in [3.63, 3.8) is 0 Å². The summed E-state index contributed by atoms with van der Waals surface area (Å²) in [6.45, 7) is 5.96. The number of hydrogen-bond acceptors (Lipinski definition) is 3. The summed E-state index contributed by atoms with van der Waals surface area (Å²) in [6.07, 6.45) is 6.79. The van der Waals surface area contributed by atoms with Crippen LogP contribution in [0.2, 0.25) is 0 Å². The van der Waals surface area contributed by atoms with Gasteiger partial charge in [-0.1, -0.05) is 28.1 Å². The predicted molar refractivity (Wildman–Crippen MR) is 115 cm³/mol. The highest BCUT2D eigenvalue weighted by Gasteiger charge is 2.16. The molecule has 0 N–H and O–H groups in total. The lowest BCUT2D eigenvalue weighted by Gasteiger charge is -2.27. The number of nitrogens with zero attached hydrogens (tertiary/aromatic N) is 3. The van der Waals surface area contributed by atoms with Crippen LogP contribution in [0.5, 0.6) is 5.75 Å². The summed E-state index contributed by atoms with van der Waals surface area (Å²) >= 11 is 3.49. The number of halogens is 1. The molecule has 0 radical (unpaired) electrons. The fourth-order valence-corrected chi connectivity index (χ4v) is 3.57. The minimum atomic E-state index is 0.151. The summed E-state index contributed by atoms with van der Waals surface area (Å²) in [6, 6.07) is 12.4.